The molecule has 0 radical (unpaired) electrons. The zero-order chi connectivity index (χ0) is 27.2. The maximum Gasteiger partial charge on any atom is 0.306 e. The third-order valence-electron chi connectivity index (χ3n) is 6.95. The molecule has 35 heavy (non-hydrogen) atoms. The third-order valence-corrected chi connectivity index (χ3v) is 6.95. The Labute approximate surface area is 217 Å². The number of esters is 2. The molecule has 0 aromatic heterocycles. The van der Waals surface area contributed by atoms with Gasteiger partial charge in [-0.1, -0.05) is 55.4 Å². The van der Waals surface area contributed by atoms with Crippen molar-refractivity contribution >= 4 is 11.9 Å². The first kappa shape index (κ1) is 31.9. The molecular weight excluding hydrogens is 438 g/mol. The van der Waals surface area contributed by atoms with E-state index >= 15 is 0 Å². The zero-order valence-corrected chi connectivity index (χ0v) is 25.2. The van der Waals surface area contributed by atoms with Gasteiger partial charge in [0.2, 0.25) is 0 Å². The van der Waals surface area contributed by atoms with E-state index in [1.807, 2.05) is 0 Å². The fraction of sp³-hybridized carbons (Fsp3) is 0.933. The Hall–Kier alpha value is -1.10. The van der Waals surface area contributed by atoms with Crippen molar-refractivity contribution in [1.82, 2.24) is 4.90 Å². The minimum absolute atomic E-state index is 0.0623. The summed E-state index contributed by atoms with van der Waals surface area (Å²) < 4.78 is 11.6. The second-order valence-corrected chi connectivity index (χ2v) is 15.0. The molecule has 1 fully saturated rings. The molecule has 0 saturated carbocycles. The summed E-state index contributed by atoms with van der Waals surface area (Å²) in [5, 5.41) is 0. The van der Waals surface area contributed by atoms with Crippen LogP contribution in [0.15, 0.2) is 0 Å². The standard InChI is InChI=1S/C30H57NO4/c1-22(18-27(3,4)5)16-25(32)34-15-13-14-31-29(9,10)20-24(21-30(31,11)12)35-26(33)17-23(2)19-28(6,7)8/h22-24H,13-21H2,1-12H3. The lowest BCUT2D eigenvalue weighted by molar-refractivity contribution is -0.161. The van der Waals surface area contributed by atoms with Gasteiger partial charge < -0.3 is 9.47 Å². The maximum atomic E-state index is 12.7. The van der Waals surface area contributed by atoms with Crippen LogP contribution in [-0.2, 0) is 19.1 Å². The zero-order valence-electron chi connectivity index (χ0n) is 25.2. The normalized spacial score (nSPS) is 20.8. The van der Waals surface area contributed by atoms with Crippen LogP contribution in [0.1, 0.15) is 128 Å². The number of hydrogen-bond acceptors (Lipinski definition) is 5. The van der Waals surface area contributed by atoms with Crippen molar-refractivity contribution in [2.24, 2.45) is 22.7 Å². The molecule has 1 aliphatic heterocycles. The van der Waals surface area contributed by atoms with Crippen LogP contribution in [0.5, 0.6) is 0 Å². The van der Waals surface area contributed by atoms with E-state index in [4.69, 9.17) is 9.47 Å². The number of nitrogens with zero attached hydrogens (tertiary/aromatic N) is 1. The molecule has 0 spiro atoms. The lowest BCUT2D eigenvalue weighted by Crippen LogP contribution is -2.62. The Kier molecular flexibility index (Phi) is 11.3. The van der Waals surface area contributed by atoms with E-state index in [9.17, 15) is 9.59 Å². The fourth-order valence-corrected chi connectivity index (χ4v) is 6.42. The molecule has 0 bridgehead atoms. The minimum atomic E-state index is -0.102. The van der Waals surface area contributed by atoms with Crippen LogP contribution in [-0.4, -0.2) is 47.2 Å². The van der Waals surface area contributed by atoms with Crippen molar-refractivity contribution in [2.45, 2.75) is 145 Å². The van der Waals surface area contributed by atoms with Crippen molar-refractivity contribution in [3.63, 3.8) is 0 Å². The monoisotopic (exact) mass is 495 g/mol. The first-order valence-electron chi connectivity index (χ1n) is 13.8. The molecule has 1 rings (SSSR count). The largest absolute Gasteiger partial charge is 0.466 e. The highest BCUT2D eigenvalue weighted by Gasteiger charge is 2.46. The molecular formula is C30H57NO4. The average molecular weight is 496 g/mol. The summed E-state index contributed by atoms with van der Waals surface area (Å²) in [5.74, 6) is 0.493. The number of piperidine rings is 1. The lowest BCUT2D eigenvalue weighted by atomic mass is 9.78. The van der Waals surface area contributed by atoms with E-state index in [2.05, 4.69) is 88.0 Å². The van der Waals surface area contributed by atoms with E-state index in [-0.39, 0.29) is 40.0 Å². The summed E-state index contributed by atoms with van der Waals surface area (Å²) in [6.07, 6.45) is 5.38. The molecule has 206 valence electrons. The molecule has 5 heteroatoms. The molecule has 1 aliphatic rings. The molecule has 0 amide bonds. The highest BCUT2D eigenvalue weighted by atomic mass is 16.5. The SMILES string of the molecule is CC(CC(=O)OCCCN1C(C)(C)CC(OC(=O)CC(C)CC(C)(C)C)CC1(C)C)CC(C)(C)C. The summed E-state index contributed by atoms with van der Waals surface area (Å²) in [6.45, 7) is 27.8. The van der Waals surface area contributed by atoms with Crippen LogP contribution >= 0.6 is 0 Å². The van der Waals surface area contributed by atoms with Gasteiger partial charge in [0.25, 0.3) is 0 Å². The molecule has 1 heterocycles. The second-order valence-electron chi connectivity index (χ2n) is 15.0. The van der Waals surface area contributed by atoms with Gasteiger partial charge in [0.15, 0.2) is 0 Å². The van der Waals surface area contributed by atoms with Crippen molar-refractivity contribution < 1.29 is 19.1 Å². The highest BCUT2D eigenvalue weighted by Crippen LogP contribution is 2.40. The minimum Gasteiger partial charge on any atom is -0.466 e. The van der Waals surface area contributed by atoms with Gasteiger partial charge in [-0.3, -0.25) is 14.5 Å². The molecule has 0 N–H and O–H groups in total. The second kappa shape index (κ2) is 12.4. The van der Waals surface area contributed by atoms with Crippen LogP contribution in [0.25, 0.3) is 0 Å². The highest BCUT2D eigenvalue weighted by molar-refractivity contribution is 5.70. The van der Waals surface area contributed by atoms with Gasteiger partial charge in [0, 0.05) is 43.3 Å². The van der Waals surface area contributed by atoms with Crippen molar-refractivity contribution in [3.8, 4) is 0 Å². The molecule has 5 nitrogen and oxygen atoms in total. The number of likely N-dealkylation sites (tertiary alicyclic amines) is 1. The summed E-state index contributed by atoms with van der Waals surface area (Å²) in [5.41, 5.74) is 0.236. The van der Waals surface area contributed by atoms with Crippen molar-refractivity contribution in [2.75, 3.05) is 13.2 Å². The van der Waals surface area contributed by atoms with Gasteiger partial charge in [-0.2, -0.15) is 0 Å². The number of carbonyl (C=O) groups excluding carboxylic acids is 2. The smallest absolute Gasteiger partial charge is 0.306 e. The van der Waals surface area contributed by atoms with E-state index in [0.29, 0.717) is 31.3 Å². The average Bonchev–Trinajstić information content (AvgIpc) is 2.54. The van der Waals surface area contributed by atoms with Crippen LogP contribution in [0.2, 0.25) is 0 Å². The number of rotatable bonds is 11. The van der Waals surface area contributed by atoms with E-state index in [1.54, 1.807) is 0 Å². The predicted octanol–water partition coefficient (Wildman–Crippen LogP) is 7.41. The number of ether oxygens (including phenoxy) is 2. The van der Waals surface area contributed by atoms with Crippen LogP contribution in [0.4, 0.5) is 0 Å². The van der Waals surface area contributed by atoms with E-state index in [0.717, 1.165) is 38.6 Å². The topological polar surface area (TPSA) is 55.8 Å². The number of carbonyl (C=O) groups is 2. The first-order valence-corrected chi connectivity index (χ1v) is 13.8. The summed E-state index contributed by atoms with van der Waals surface area (Å²) in [7, 11) is 0. The van der Waals surface area contributed by atoms with Gasteiger partial charge in [0.05, 0.1) is 6.61 Å². The molecule has 2 atom stereocenters. The van der Waals surface area contributed by atoms with Crippen molar-refractivity contribution in [1.29, 1.82) is 0 Å². The Morgan fingerprint density at radius 2 is 1.26 bits per heavy atom. The molecule has 0 aliphatic carbocycles. The molecule has 2 unspecified atom stereocenters. The van der Waals surface area contributed by atoms with Gasteiger partial charge >= 0.3 is 11.9 Å². The predicted molar refractivity (Wildman–Crippen MR) is 145 cm³/mol. The van der Waals surface area contributed by atoms with Gasteiger partial charge in [-0.15, -0.1) is 0 Å². The maximum absolute atomic E-state index is 12.7. The van der Waals surface area contributed by atoms with Gasteiger partial charge in [-0.05, 0) is 69.6 Å². The molecule has 0 aromatic carbocycles. The summed E-state index contributed by atoms with van der Waals surface area (Å²) in [4.78, 5) is 27.4. The van der Waals surface area contributed by atoms with Crippen LogP contribution < -0.4 is 0 Å². The first-order chi connectivity index (χ1) is 15.7. The Balaban J connectivity index is 2.53. The number of hydrogen-bond donors (Lipinski definition) is 0. The Morgan fingerprint density at radius 3 is 1.69 bits per heavy atom. The van der Waals surface area contributed by atoms with Gasteiger partial charge in [0.1, 0.15) is 6.10 Å². The van der Waals surface area contributed by atoms with E-state index in [1.165, 1.54) is 0 Å². The van der Waals surface area contributed by atoms with Crippen LogP contribution in [0.3, 0.4) is 0 Å². The molecule has 1 saturated heterocycles. The summed E-state index contributed by atoms with van der Waals surface area (Å²) in [6, 6.07) is 0. The fourth-order valence-electron chi connectivity index (χ4n) is 6.42. The van der Waals surface area contributed by atoms with E-state index < -0.39 is 0 Å². The van der Waals surface area contributed by atoms with Crippen molar-refractivity contribution in [3.05, 3.63) is 0 Å². The van der Waals surface area contributed by atoms with Gasteiger partial charge in [-0.25, -0.2) is 0 Å². The summed E-state index contributed by atoms with van der Waals surface area (Å²) >= 11 is 0. The Morgan fingerprint density at radius 1 is 0.829 bits per heavy atom. The third kappa shape index (κ3) is 12.6. The molecule has 0 aromatic rings. The lowest BCUT2D eigenvalue weighted by Gasteiger charge is -2.55. The van der Waals surface area contributed by atoms with Crippen LogP contribution in [0, 0.1) is 22.7 Å². The Bertz CT molecular complexity index is 665. The quantitative estimate of drug-likeness (QED) is 0.221.